The number of H-pyrrole nitrogens is 1. The Morgan fingerprint density at radius 1 is 1.09 bits per heavy atom. The number of carbonyl (C=O) groups is 1. The third kappa shape index (κ3) is 4.32. The van der Waals surface area contributed by atoms with E-state index in [2.05, 4.69) is 15.1 Å². The van der Waals surface area contributed by atoms with Gasteiger partial charge in [0.05, 0.1) is 18.3 Å². The van der Waals surface area contributed by atoms with Crippen LogP contribution in [0.1, 0.15) is 24.0 Å². The van der Waals surface area contributed by atoms with Crippen LogP contribution in [0.5, 0.6) is 0 Å². The number of ether oxygens (including phenoxy) is 1. The number of hydrogen-bond donors (Lipinski definition) is 1. The van der Waals surface area contributed by atoms with Gasteiger partial charge in [0, 0.05) is 49.9 Å². The van der Waals surface area contributed by atoms with Crippen molar-refractivity contribution in [1.29, 1.82) is 0 Å². The smallest absolute Gasteiger partial charge is 0.416 e. The van der Waals surface area contributed by atoms with Crippen molar-refractivity contribution in [2.24, 2.45) is 0 Å². The van der Waals surface area contributed by atoms with Crippen LogP contribution in [0.3, 0.4) is 0 Å². The second kappa shape index (κ2) is 8.22. The summed E-state index contributed by atoms with van der Waals surface area (Å²) in [6, 6.07) is 13.2. The molecule has 172 valence electrons. The molecule has 5 rings (SSSR count). The highest BCUT2D eigenvalue weighted by molar-refractivity contribution is 5.90. The fraction of sp³-hybridized carbons (Fsp3) is 0.333. The molecule has 2 aliphatic rings. The Kier molecular flexibility index (Phi) is 5.36. The van der Waals surface area contributed by atoms with Crippen molar-refractivity contribution in [2.75, 3.05) is 24.5 Å². The molecule has 1 aromatic heterocycles. The van der Waals surface area contributed by atoms with E-state index in [0.29, 0.717) is 44.6 Å². The molecule has 2 aromatic carbocycles. The number of likely N-dealkylation sites (tertiary alicyclic amines) is 1. The number of para-hydroxylation sites is 1. The van der Waals surface area contributed by atoms with Crippen LogP contribution in [0.4, 0.5) is 23.7 Å². The number of aromatic nitrogens is 2. The molecule has 6 nitrogen and oxygen atoms in total. The van der Waals surface area contributed by atoms with E-state index in [-0.39, 0.29) is 6.09 Å². The second-order valence-electron chi connectivity index (χ2n) is 8.61. The molecule has 2 aliphatic heterocycles. The molecule has 3 heterocycles. The normalized spacial score (nSPS) is 18.6. The van der Waals surface area contributed by atoms with E-state index in [4.69, 9.17) is 4.74 Å². The molecular formula is C24H23F3N4O2. The quantitative estimate of drug-likeness (QED) is 0.594. The van der Waals surface area contributed by atoms with Crippen molar-refractivity contribution in [3.05, 3.63) is 72.1 Å². The molecule has 1 spiro atoms. The molecule has 0 unspecified atom stereocenters. The highest BCUT2D eigenvalue weighted by Gasteiger charge is 2.47. The van der Waals surface area contributed by atoms with Crippen LogP contribution in [0.15, 0.2) is 60.9 Å². The zero-order valence-electron chi connectivity index (χ0n) is 17.8. The Morgan fingerprint density at radius 3 is 2.52 bits per heavy atom. The maximum Gasteiger partial charge on any atom is 0.416 e. The minimum absolute atomic E-state index is 0.352. The van der Waals surface area contributed by atoms with Crippen LogP contribution < -0.4 is 4.90 Å². The fourth-order valence-corrected chi connectivity index (χ4v) is 4.63. The molecule has 3 aromatic rings. The monoisotopic (exact) mass is 456 g/mol. The SMILES string of the molecule is O=C1OC2(CCN(Cc3cc(C(F)(F)F)ccc3-c3cn[nH]c3)CC2)CN1c1ccccc1. The molecule has 1 amide bonds. The standard InChI is InChI=1S/C24H23F3N4O2/c25-24(26,27)19-6-7-21(18-13-28-29-14-18)17(12-19)15-30-10-8-23(9-11-30)16-31(22(32)33-23)20-4-2-1-3-5-20/h1-7,12-14H,8-11,15-16H2,(H,28,29). The first kappa shape index (κ1) is 21.5. The summed E-state index contributed by atoms with van der Waals surface area (Å²) < 4.78 is 45.8. The lowest BCUT2D eigenvalue weighted by Crippen LogP contribution is -2.46. The minimum Gasteiger partial charge on any atom is -0.441 e. The number of nitrogens with zero attached hydrogens (tertiary/aromatic N) is 3. The molecule has 0 atom stereocenters. The Hall–Kier alpha value is -3.33. The largest absolute Gasteiger partial charge is 0.441 e. The summed E-state index contributed by atoms with van der Waals surface area (Å²) in [5.41, 5.74) is 1.63. The predicted octanol–water partition coefficient (Wildman–Crippen LogP) is 5.09. The number of benzene rings is 2. The zero-order valence-corrected chi connectivity index (χ0v) is 17.8. The summed E-state index contributed by atoms with van der Waals surface area (Å²) in [5.74, 6) is 0. The van der Waals surface area contributed by atoms with E-state index in [9.17, 15) is 18.0 Å². The maximum atomic E-state index is 13.3. The lowest BCUT2D eigenvalue weighted by atomic mass is 9.90. The van der Waals surface area contributed by atoms with Crippen molar-refractivity contribution in [3.8, 4) is 11.1 Å². The van der Waals surface area contributed by atoms with E-state index >= 15 is 0 Å². The van der Waals surface area contributed by atoms with Gasteiger partial charge in [0.15, 0.2) is 0 Å². The van der Waals surface area contributed by atoms with Gasteiger partial charge in [-0.05, 0) is 35.4 Å². The average molecular weight is 456 g/mol. The number of halogens is 3. The van der Waals surface area contributed by atoms with Gasteiger partial charge < -0.3 is 4.74 Å². The van der Waals surface area contributed by atoms with Crippen molar-refractivity contribution >= 4 is 11.8 Å². The molecule has 0 saturated carbocycles. The molecule has 1 N–H and O–H groups in total. The van der Waals surface area contributed by atoms with Crippen LogP contribution in [-0.4, -0.2) is 46.4 Å². The van der Waals surface area contributed by atoms with Crippen molar-refractivity contribution in [3.63, 3.8) is 0 Å². The van der Waals surface area contributed by atoms with E-state index in [1.54, 1.807) is 17.3 Å². The lowest BCUT2D eigenvalue weighted by molar-refractivity contribution is -0.137. The molecule has 0 bridgehead atoms. The Bertz CT molecular complexity index is 1120. The molecule has 0 radical (unpaired) electrons. The van der Waals surface area contributed by atoms with Gasteiger partial charge in [-0.15, -0.1) is 0 Å². The van der Waals surface area contributed by atoms with Gasteiger partial charge in [0.1, 0.15) is 5.60 Å². The molecule has 33 heavy (non-hydrogen) atoms. The summed E-state index contributed by atoms with van der Waals surface area (Å²) in [4.78, 5) is 16.3. The second-order valence-corrected chi connectivity index (χ2v) is 8.61. The Balaban J connectivity index is 1.31. The highest BCUT2D eigenvalue weighted by atomic mass is 19.4. The zero-order chi connectivity index (χ0) is 23.1. The molecular weight excluding hydrogens is 433 g/mol. The third-order valence-corrected chi connectivity index (χ3v) is 6.44. The van der Waals surface area contributed by atoms with Crippen molar-refractivity contribution in [1.82, 2.24) is 15.1 Å². The maximum absolute atomic E-state index is 13.3. The Morgan fingerprint density at radius 2 is 1.85 bits per heavy atom. The summed E-state index contributed by atoms with van der Waals surface area (Å²) in [7, 11) is 0. The number of amides is 1. The van der Waals surface area contributed by atoms with Crippen LogP contribution in [0, 0.1) is 0 Å². The van der Waals surface area contributed by atoms with E-state index < -0.39 is 17.3 Å². The number of hydrogen-bond acceptors (Lipinski definition) is 4. The number of piperidine rings is 1. The molecule has 9 heteroatoms. The van der Waals surface area contributed by atoms with Crippen molar-refractivity contribution in [2.45, 2.75) is 31.2 Å². The van der Waals surface area contributed by atoms with Crippen LogP contribution in [0.25, 0.3) is 11.1 Å². The molecule has 0 aliphatic carbocycles. The third-order valence-electron chi connectivity index (χ3n) is 6.44. The molecule has 2 saturated heterocycles. The van der Waals surface area contributed by atoms with Gasteiger partial charge in [-0.1, -0.05) is 24.3 Å². The number of aromatic amines is 1. The van der Waals surface area contributed by atoms with Gasteiger partial charge in [-0.3, -0.25) is 14.9 Å². The van der Waals surface area contributed by atoms with E-state index in [1.807, 2.05) is 30.3 Å². The number of alkyl halides is 3. The number of nitrogens with one attached hydrogen (secondary N) is 1. The van der Waals surface area contributed by atoms with Gasteiger partial charge >= 0.3 is 12.3 Å². The van der Waals surface area contributed by atoms with E-state index in [0.717, 1.165) is 22.9 Å². The fourth-order valence-electron chi connectivity index (χ4n) is 4.63. The van der Waals surface area contributed by atoms with E-state index in [1.165, 1.54) is 12.1 Å². The number of carbonyl (C=O) groups excluding carboxylic acids is 1. The summed E-state index contributed by atoms with van der Waals surface area (Å²) in [5, 5.41) is 6.65. The predicted molar refractivity (Wildman–Crippen MR) is 117 cm³/mol. The summed E-state index contributed by atoms with van der Waals surface area (Å²) in [6.07, 6.45) is -0.227. The summed E-state index contributed by atoms with van der Waals surface area (Å²) in [6.45, 7) is 2.10. The van der Waals surface area contributed by atoms with Crippen LogP contribution in [0.2, 0.25) is 0 Å². The average Bonchev–Trinajstić information content (AvgIpc) is 3.44. The Labute approximate surface area is 189 Å². The first-order valence-corrected chi connectivity index (χ1v) is 10.8. The topological polar surface area (TPSA) is 61.5 Å². The first-order valence-electron chi connectivity index (χ1n) is 10.8. The van der Waals surface area contributed by atoms with Crippen LogP contribution in [-0.2, 0) is 17.5 Å². The van der Waals surface area contributed by atoms with Crippen LogP contribution >= 0.6 is 0 Å². The first-order chi connectivity index (χ1) is 15.8. The van der Waals surface area contributed by atoms with Gasteiger partial charge in [0.2, 0.25) is 0 Å². The van der Waals surface area contributed by atoms with Gasteiger partial charge in [0.25, 0.3) is 0 Å². The number of anilines is 1. The molecule has 2 fully saturated rings. The van der Waals surface area contributed by atoms with Gasteiger partial charge in [-0.2, -0.15) is 18.3 Å². The van der Waals surface area contributed by atoms with Gasteiger partial charge in [-0.25, -0.2) is 4.79 Å². The van der Waals surface area contributed by atoms with Crippen molar-refractivity contribution < 1.29 is 22.7 Å². The highest BCUT2D eigenvalue weighted by Crippen LogP contribution is 2.37. The lowest BCUT2D eigenvalue weighted by Gasteiger charge is -2.37. The summed E-state index contributed by atoms with van der Waals surface area (Å²) >= 11 is 0. The number of rotatable bonds is 4. The minimum atomic E-state index is -4.41.